The molecule has 1 unspecified atom stereocenters. The summed E-state index contributed by atoms with van der Waals surface area (Å²) in [4.78, 5) is 81.4. The highest BCUT2D eigenvalue weighted by Crippen LogP contribution is 2.41. The topological polar surface area (TPSA) is 259 Å². The average Bonchev–Trinajstić information content (AvgIpc) is 3.17. The molecule has 57 heavy (non-hydrogen) atoms. The summed E-state index contributed by atoms with van der Waals surface area (Å²) in [5, 5.41) is 56.0. The lowest BCUT2D eigenvalue weighted by Gasteiger charge is -2.41. The molecule has 3 aromatic rings. The lowest BCUT2D eigenvalue weighted by atomic mass is 9.72. The van der Waals surface area contributed by atoms with E-state index in [4.69, 9.17) is 16.3 Å². The number of piperazine rings is 1. The molecule has 8 N–H and O–H groups in total. The van der Waals surface area contributed by atoms with Crippen molar-refractivity contribution in [2.45, 2.75) is 37.3 Å². The molecule has 0 saturated carbocycles. The van der Waals surface area contributed by atoms with E-state index in [9.17, 15) is 67.4 Å². The zero-order valence-corrected chi connectivity index (χ0v) is 29.9. The number of urea groups is 2. The zero-order valence-electron chi connectivity index (χ0n) is 29.2. The van der Waals surface area contributed by atoms with Crippen LogP contribution in [0, 0.1) is 17.5 Å². The van der Waals surface area contributed by atoms with Crippen LogP contribution in [0.1, 0.15) is 40.4 Å². The van der Waals surface area contributed by atoms with Gasteiger partial charge in [-0.1, -0.05) is 17.7 Å². The number of fused-ring (bicyclic) bond motifs is 1. The van der Waals surface area contributed by atoms with Crippen LogP contribution in [-0.4, -0.2) is 121 Å². The number of nitrogens with zero attached hydrogens (tertiary/aromatic N) is 3. The predicted octanol–water partition coefficient (Wildman–Crippen LogP) is 1.83. The van der Waals surface area contributed by atoms with Crippen molar-refractivity contribution in [3.05, 3.63) is 75.6 Å². The van der Waals surface area contributed by atoms with Crippen LogP contribution in [0.3, 0.4) is 0 Å². The van der Waals surface area contributed by atoms with Gasteiger partial charge in [-0.05, 0) is 49.1 Å². The first kappa shape index (κ1) is 40.3. The van der Waals surface area contributed by atoms with E-state index < -0.39 is 124 Å². The minimum absolute atomic E-state index is 0.0541. The monoisotopic (exact) mass is 818 g/mol. The Morgan fingerprint density at radius 1 is 0.877 bits per heavy atom. The van der Waals surface area contributed by atoms with Gasteiger partial charge in [0.15, 0.2) is 28.9 Å². The normalized spacial score (nSPS) is 17.7. The zero-order chi connectivity index (χ0) is 41.5. The van der Waals surface area contributed by atoms with Crippen LogP contribution in [0.15, 0.2) is 36.4 Å². The quantitative estimate of drug-likeness (QED) is 0.0966. The molecule has 3 aliphatic rings. The number of carbonyl (C=O) groups is 6. The van der Waals surface area contributed by atoms with E-state index in [1.165, 1.54) is 15.9 Å². The van der Waals surface area contributed by atoms with E-state index in [2.05, 4.69) is 16.0 Å². The molecule has 0 spiro atoms. The van der Waals surface area contributed by atoms with E-state index in [-0.39, 0.29) is 50.1 Å². The van der Waals surface area contributed by atoms with Crippen LogP contribution in [0.2, 0.25) is 5.02 Å². The molecule has 2 saturated heterocycles. The van der Waals surface area contributed by atoms with E-state index in [1.54, 1.807) is 0 Å². The number of anilines is 1. The first-order valence-corrected chi connectivity index (χ1v) is 17.4. The lowest BCUT2D eigenvalue weighted by molar-refractivity contribution is -0.156. The largest absolute Gasteiger partial charge is 0.547 e. The smallest absolute Gasteiger partial charge is 0.534 e. The molecule has 2 atom stereocenters. The van der Waals surface area contributed by atoms with Crippen LogP contribution >= 0.6 is 11.6 Å². The molecule has 18 nitrogen and oxygen atoms in total. The number of likely N-dealkylation sites (tertiary alicyclic amines) is 1. The van der Waals surface area contributed by atoms with Gasteiger partial charge >= 0.3 is 37.0 Å². The number of nitrogens with one attached hydrogen (secondary N) is 3. The number of carboxylic acid groups (broad SMARTS) is 1. The first-order valence-electron chi connectivity index (χ1n) is 17.0. The highest BCUT2D eigenvalue weighted by molar-refractivity contribution is 6.47. The molecule has 3 heterocycles. The second-order valence-corrected chi connectivity index (χ2v) is 13.5. The lowest BCUT2D eigenvalue weighted by Crippen LogP contribution is -2.62. The highest BCUT2D eigenvalue weighted by Gasteiger charge is 2.44. The average molecular weight is 819 g/mol. The van der Waals surface area contributed by atoms with Crippen LogP contribution in [-0.2, 0) is 20.8 Å². The van der Waals surface area contributed by atoms with Crippen LogP contribution in [0.4, 0.5) is 28.4 Å². The second kappa shape index (κ2) is 16.0. The summed E-state index contributed by atoms with van der Waals surface area (Å²) in [5.41, 5.74) is -1.31. The molecular formula is C34H31BClF3N6O12. The molecule has 3 aromatic carbocycles. The van der Waals surface area contributed by atoms with Gasteiger partial charge in [0.1, 0.15) is 23.2 Å². The van der Waals surface area contributed by atoms with Gasteiger partial charge in [0, 0.05) is 49.5 Å². The summed E-state index contributed by atoms with van der Waals surface area (Å²) in [5.74, 6) is -13.9. The number of carboxylic acids is 1. The maximum absolute atomic E-state index is 14.7. The van der Waals surface area contributed by atoms with Gasteiger partial charge in [-0.15, -0.1) is 0 Å². The second-order valence-electron chi connectivity index (χ2n) is 13.2. The molecule has 3 aliphatic heterocycles. The third-order valence-corrected chi connectivity index (χ3v) is 10.1. The van der Waals surface area contributed by atoms with Crippen molar-refractivity contribution < 1.29 is 72.0 Å². The molecule has 7 amide bonds. The molecule has 0 aromatic heterocycles. The number of rotatable bonds is 7. The van der Waals surface area contributed by atoms with E-state index >= 15 is 0 Å². The number of benzene rings is 3. The number of phenols is 3. The molecule has 23 heteroatoms. The van der Waals surface area contributed by atoms with Crippen LogP contribution in [0.25, 0.3) is 0 Å². The summed E-state index contributed by atoms with van der Waals surface area (Å²) in [7, 11) is -1.99. The van der Waals surface area contributed by atoms with Crippen molar-refractivity contribution in [1.29, 1.82) is 0 Å². The molecule has 300 valence electrons. The number of halogens is 4. The van der Waals surface area contributed by atoms with Gasteiger partial charge in [0.2, 0.25) is 5.91 Å². The van der Waals surface area contributed by atoms with Crippen molar-refractivity contribution in [2.75, 3.05) is 31.5 Å². The number of imide groups is 1. The highest BCUT2D eigenvalue weighted by atomic mass is 35.5. The fraction of sp³-hybridized carbons (Fsp3) is 0.294. The SMILES string of the molecule is O=C(O)c1c(F)ccc2c1OB(O)[C@@H](NC(=O)C(NC(=O)N1CCN(C3CCN(C(=O)Nc4ccc(F)c(O)c4)CC3)C(=O)C1=O)c1cc(F)c(O)c(O)c1Cl)C2. The third-order valence-electron chi connectivity index (χ3n) is 9.68. The minimum Gasteiger partial charge on any atom is -0.534 e. The summed E-state index contributed by atoms with van der Waals surface area (Å²) in [6.45, 7) is -0.274. The number of hydrogen-bond acceptors (Lipinski definition) is 11. The van der Waals surface area contributed by atoms with Gasteiger partial charge in [-0.3, -0.25) is 19.3 Å². The molecule has 2 fully saturated rings. The van der Waals surface area contributed by atoms with Crippen molar-refractivity contribution >= 4 is 60.2 Å². The number of amides is 7. The first-order chi connectivity index (χ1) is 27.0. The molecule has 0 radical (unpaired) electrons. The summed E-state index contributed by atoms with van der Waals surface area (Å²) in [6, 6.07) is 1.25. The minimum atomic E-state index is -2.09. The molecular weight excluding hydrogens is 788 g/mol. The Labute approximate surface area is 324 Å². The van der Waals surface area contributed by atoms with E-state index in [0.717, 1.165) is 24.3 Å². The Kier molecular flexibility index (Phi) is 11.3. The Hall–Kier alpha value is -6.42. The fourth-order valence-electron chi connectivity index (χ4n) is 6.71. The van der Waals surface area contributed by atoms with Gasteiger partial charge in [0.25, 0.3) is 0 Å². The fourth-order valence-corrected chi connectivity index (χ4v) is 6.96. The van der Waals surface area contributed by atoms with Crippen LogP contribution < -0.4 is 20.6 Å². The van der Waals surface area contributed by atoms with Gasteiger partial charge in [-0.25, -0.2) is 27.6 Å². The molecule has 0 aliphatic carbocycles. The summed E-state index contributed by atoms with van der Waals surface area (Å²) < 4.78 is 47.5. The number of aromatic carboxylic acids is 1. The van der Waals surface area contributed by atoms with Gasteiger partial charge in [0.05, 0.1) is 11.0 Å². The maximum Gasteiger partial charge on any atom is 0.547 e. The number of hydrogen-bond donors (Lipinski definition) is 8. The Bertz CT molecular complexity index is 2200. The van der Waals surface area contributed by atoms with Crippen molar-refractivity contribution in [3.63, 3.8) is 0 Å². The predicted molar refractivity (Wildman–Crippen MR) is 189 cm³/mol. The molecule has 6 rings (SSSR count). The van der Waals surface area contributed by atoms with Crippen molar-refractivity contribution in [1.82, 2.24) is 25.3 Å². The third kappa shape index (κ3) is 7.98. The number of aromatic hydroxyl groups is 3. The molecule has 0 bridgehead atoms. The van der Waals surface area contributed by atoms with E-state index in [1.807, 2.05) is 0 Å². The number of piperidine rings is 1. The van der Waals surface area contributed by atoms with E-state index in [0.29, 0.717) is 11.0 Å². The van der Waals surface area contributed by atoms with Gasteiger partial charge in [-0.2, -0.15) is 0 Å². The van der Waals surface area contributed by atoms with Crippen molar-refractivity contribution in [3.8, 4) is 23.0 Å². The standard InChI is InChI=1S/C34H31BClF3N6O12/c36-24-17(13-20(39)26(47)27(24)48)25(29(49)41-22-11-14-1-3-19(38)23(32(52)53)28(14)57-35(22)56)42-34(55)45-10-9-44(30(50)31(45)51)16-5-7-43(8-6-16)33(54)40-15-2-4-18(37)21(46)12-15/h1-4,12-13,16,22,25,46-48,56H,5-11H2,(H,40,54)(H,41,49)(H,42,55)(H,52,53)/t22-,25?/m0/s1. The van der Waals surface area contributed by atoms with Crippen LogP contribution in [0.5, 0.6) is 23.0 Å². The Balaban J connectivity index is 1.14. The van der Waals surface area contributed by atoms with Gasteiger partial charge < -0.3 is 55.9 Å². The number of phenolic OH excluding ortho intramolecular Hbond substituents is 3. The van der Waals surface area contributed by atoms with Crippen molar-refractivity contribution in [2.24, 2.45) is 0 Å². The number of carbonyl (C=O) groups excluding carboxylic acids is 5. The Morgan fingerprint density at radius 2 is 1.56 bits per heavy atom. The summed E-state index contributed by atoms with van der Waals surface area (Å²) >= 11 is 6.15. The Morgan fingerprint density at radius 3 is 2.23 bits per heavy atom. The maximum atomic E-state index is 14.7. The summed E-state index contributed by atoms with van der Waals surface area (Å²) in [6.07, 6.45) is 0.124.